The van der Waals surface area contributed by atoms with E-state index in [0.717, 1.165) is 22.1 Å². The number of methoxy groups -OCH3 is 1. The smallest absolute Gasteiger partial charge is 0.254 e. The van der Waals surface area contributed by atoms with E-state index < -0.39 is 0 Å². The molecule has 0 saturated carbocycles. The van der Waals surface area contributed by atoms with Crippen LogP contribution in [0.5, 0.6) is 5.75 Å². The molecule has 28 heavy (non-hydrogen) atoms. The molecule has 0 bridgehead atoms. The van der Waals surface area contributed by atoms with Gasteiger partial charge in [-0.05, 0) is 52.7 Å². The maximum absolute atomic E-state index is 12.9. The zero-order chi connectivity index (χ0) is 19.5. The maximum Gasteiger partial charge on any atom is 0.254 e. The van der Waals surface area contributed by atoms with Crippen LogP contribution < -0.4 is 4.74 Å². The van der Waals surface area contributed by atoms with E-state index >= 15 is 0 Å². The van der Waals surface area contributed by atoms with Crippen molar-refractivity contribution in [2.75, 3.05) is 26.8 Å². The van der Waals surface area contributed by atoms with Gasteiger partial charge in [-0.2, -0.15) is 5.26 Å². The van der Waals surface area contributed by atoms with Gasteiger partial charge in [0.25, 0.3) is 5.91 Å². The third-order valence-corrected chi connectivity index (χ3v) is 5.04. The quantitative estimate of drug-likeness (QED) is 0.699. The molecule has 1 saturated heterocycles. The van der Waals surface area contributed by atoms with E-state index in [1.165, 1.54) is 0 Å². The van der Waals surface area contributed by atoms with E-state index in [4.69, 9.17) is 14.7 Å². The second kappa shape index (κ2) is 7.71. The van der Waals surface area contributed by atoms with E-state index in [1.54, 1.807) is 36.3 Å². The highest BCUT2D eigenvalue weighted by atomic mass is 16.5. The summed E-state index contributed by atoms with van der Waals surface area (Å²) < 4.78 is 11.2. The van der Waals surface area contributed by atoms with Crippen LogP contribution in [0.2, 0.25) is 0 Å². The lowest BCUT2D eigenvalue weighted by Gasteiger charge is -2.33. The molecule has 1 aliphatic rings. The van der Waals surface area contributed by atoms with Crippen molar-refractivity contribution in [3.63, 3.8) is 0 Å². The summed E-state index contributed by atoms with van der Waals surface area (Å²) in [5.74, 6) is 0.751. The van der Waals surface area contributed by atoms with Gasteiger partial charge in [0, 0.05) is 12.1 Å². The van der Waals surface area contributed by atoms with Crippen LogP contribution in [0, 0.1) is 11.3 Å². The summed E-state index contributed by atoms with van der Waals surface area (Å²) in [7, 11) is 1.66. The Morgan fingerprint density at radius 3 is 2.79 bits per heavy atom. The maximum atomic E-state index is 12.9. The number of amides is 1. The summed E-state index contributed by atoms with van der Waals surface area (Å²) in [6.45, 7) is 1.50. The van der Waals surface area contributed by atoms with Gasteiger partial charge in [0.15, 0.2) is 0 Å². The molecule has 1 amide bonds. The molecule has 0 aliphatic carbocycles. The van der Waals surface area contributed by atoms with Crippen LogP contribution in [-0.4, -0.2) is 37.6 Å². The van der Waals surface area contributed by atoms with Crippen LogP contribution in [0.1, 0.15) is 27.6 Å². The van der Waals surface area contributed by atoms with Crippen LogP contribution in [0.4, 0.5) is 0 Å². The first-order valence-electron chi connectivity index (χ1n) is 9.16. The third kappa shape index (κ3) is 3.55. The Hall–Kier alpha value is -3.36. The molecular formula is C23H20N2O3. The highest BCUT2D eigenvalue weighted by Crippen LogP contribution is 2.28. The summed E-state index contributed by atoms with van der Waals surface area (Å²) in [6, 6.07) is 21.0. The molecule has 0 radical (unpaired) electrons. The molecule has 1 heterocycles. The SMILES string of the molecule is COc1ccc2cc([C@H]3CN(C(=O)c4cccc(C#N)c4)CCO3)ccc2c1. The Morgan fingerprint density at radius 2 is 1.96 bits per heavy atom. The van der Waals surface area contributed by atoms with Gasteiger partial charge in [0.1, 0.15) is 11.9 Å². The lowest BCUT2D eigenvalue weighted by Crippen LogP contribution is -2.42. The number of carbonyl (C=O) groups is 1. The molecule has 3 aromatic rings. The number of fused-ring (bicyclic) bond motifs is 1. The largest absolute Gasteiger partial charge is 0.497 e. The number of morpholine rings is 1. The molecule has 0 spiro atoms. The third-order valence-electron chi connectivity index (χ3n) is 5.04. The minimum atomic E-state index is -0.177. The van der Waals surface area contributed by atoms with E-state index in [1.807, 2.05) is 30.3 Å². The Bertz CT molecular complexity index is 1070. The van der Waals surface area contributed by atoms with Gasteiger partial charge in [0.2, 0.25) is 0 Å². The van der Waals surface area contributed by atoms with Crippen molar-refractivity contribution >= 4 is 16.7 Å². The number of rotatable bonds is 3. The topological polar surface area (TPSA) is 62.6 Å². The number of benzene rings is 3. The van der Waals surface area contributed by atoms with Crippen LogP contribution in [-0.2, 0) is 4.74 Å². The van der Waals surface area contributed by atoms with E-state index in [2.05, 4.69) is 12.1 Å². The highest BCUT2D eigenvalue weighted by Gasteiger charge is 2.26. The molecule has 1 atom stereocenters. The molecule has 4 rings (SSSR count). The number of nitriles is 1. The predicted molar refractivity (Wildman–Crippen MR) is 106 cm³/mol. The van der Waals surface area contributed by atoms with Crippen molar-refractivity contribution in [2.45, 2.75) is 6.10 Å². The highest BCUT2D eigenvalue weighted by molar-refractivity contribution is 5.94. The second-order valence-electron chi connectivity index (χ2n) is 6.78. The van der Waals surface area contributed by atoms with Crippen LogP contribution in [0.15, 0.2) is 60.7 Å². The van der Waals surface area contributed by atoms with Crippen LogP contribution in [0.25, 0.3) is 10.8 Å². The number of carbonyl (C=O) groups excluding carboxylic acids is 1. The second-order valence-corrected chi connectivity index (χ2v) is 6.78. The molecule has 1 aliphatic heterocycles. The molecule has 1 fully saturated rings. The van der Waals surface area contributed by atoms with Gasteiger partial charge in [-0.15, -0.1) is 0 Å². The molecule has 0 aromatic heterocycles. The fraction of sp³-hybridized carbons (Fsp3) is 0.217. The zero-order valence-electron chi connectivity index (χ0n) is 15.6. The number of hydrogen-bond acceptors (Lipinski definition) is 4. The standard InChI is InChI=1S/C23H20N2O3/c1-27-21-8-7-17-12-19(6-5-18(17)13-21)22-15-25(9-10-28-22)23(26)20-4-2-3-16(11-20)14-24/h2-8,11-13,22H,9-10,15H2,1H3/t22-/m1/s1. The van der Waals surface area contributed by atoms with E-state index in [9.17, 15) is 4.79 Å². The van der Waals surface area contributed by atoms with Gasteiger partial charge in [-0.25, -0.2) is 0 Å². The minimum absolute atomic E-state index is 0.0732. The van der Waals surface area contributed by atoms with Crippen molar-refractivity contribution in [3.8, 4) is 11.8 Å². The van der Waals surface area contributed by atoms with E-state index in [-0.39, 0.29) is 12.0 Å². The lowest BCUT2D eigenvalue weighted by atomic mass is 10.0. The van der Waals surface area contributed by atoms with Gasteiger partial charge in [-0.1, -0.05) is 24.3 Å². The predicted octanol–water partition coefficient (Wildman–Crippen LogP) is 3.93. The first kappa shape index (κ1) is 18.0. The first-order valence-corrected chi connectivity index (χ1v) is 9.16. The average molecular weight is 372 g/mol. The summed E-state index contributed by atoms with van der Waals surface area (Å²) in [4.78, 5) is 14.7. The van der Waals surface area contributed by atoms with Gasteiger partial charge in [-0.3, -0.25) is 4.79 Å². The normalized spacial score (nSPS) is 16.6. The van der Waals surface area contributed by atoms with Crippen molar-refractivity contribution in [3.05, 3.63) is 77.4 Å². The Kier molecular flexibility index (Phi) is 4.96. The summed E-state index contributed by atoms with van der Waals surface area (Å²) in [5.41, 5.74) is 2.06. The monoisotopic (exact) mass is 372 g/mol. The number of hydrogen-bond donors (Lipinski definition) is 0. The van der Waals surface area contributed by atoms with Gasteiger partial charge < -0.3 is 14.4 Å². The lowest BCUT2D eigenvalue weighted by molar-refractivity contribution is -0.0227. The fourth-order valence-corrected chi connectivity index (χ4v) is 3.51. The molecule has 3 aromatic carbocycles. The Morgan fingerprint density at radius 1 is 1.14 bits per heavy atom. The Balaban J connectivity index is 1.55. The van der Waals surface area contributed by atoms with Crippen molar-refractivity contribution in [1.29, 1.82) is 5.26 Å². The summed E-state index contributed by atoms with van der Waals surface area (Å²) >= 11 is 0. The summed E-state index contributed by atoms with van der Waals surface area (Å²) in [6.07, 6.45) is -0.177. The molecule has 0 unspecified atom stereocenters. The number of nitrogens with zero attached hydrogens (tertiary/aromatic N) is 2. The molecule has 5 heteroatoms. The molecule has 140 valence electrons. The molecular weight excluding hydrogens is 352 g/mol. The minimum Gasteiger partial charge on any atom is -0.497 e. The van der Waals surface area contributed by atoms with Crippen LogP contribution >= 0.6 is 0 Å². The molecule has 5 nitrogen and oxygen atoms in total. The van der Waals surface area contributed by atoms with E-state index in [0.29, 0.717) is 30.8 Å². The van der Waals surface area contributed by atoms with Crippen molar-refractivity contribution in [1.82, 2.24) is 4.90 Å². The first-order chi connectivity index (χ1) is 13.7. The molecule has 0 N–H and O–H groups in total. The van der Waals surface area contributed by atoms with Crippen LogP contribution in [0.3, 0.4) is 0 Å². The van der Waals surface area contributed by atoms with Crippen molar-refractivity contribution in [2.24, 2.45) is 0 Å². The fourth-order valence-electron chi connectivity index (χ4n) is 3.51. The van der Waals surface area contributed by atoms with Gasteiger partial charge >= 0.3 is 0 Å². The number of ether oxygens (including phenoxy) is 2. The summed E-state index contributed by atoms with van der Waals surface area (Å²) in [5, 5.41) is 11.3. The average Bonchev–Trinajstić information content (AvgIpc) is 2.78. The van der Waals surface area contributed by atoms with Crippen molar-refractivity contribution < 1.29 is 14.3 Å². The van der Waals surface area contributed by atoms with Gasteiger partial charge in [0.05, 0.1) is 31.9 Å². The Labute approximate surface area is 163 Å². The zero-order valence-corrected chi connectivity index (χ0v) is 15.6.